The summed E-state index contributed by atoms with van der Waals surface area (Å²) in [7, 11) is -0.0283. The van der Waals surface area contributed by atoms with Crippen molar-refractivity contribution in [3.63, 3.8) is 0 Å². The molecule has 1 aromatic heterocycles. The molecule has 0 bridgehead atoms. The molecule has 0 saturated carbocycles. The zero-order chi connectivity index (χ0) is 26.0. The van der Waals surface area contributed by atoms with Gasteiger partial charge in [0.1, 0.15) is 17.4 Å². The van der Waals surface area contributed by atoms with Gasteiger partial charge < -0.3 is 19.1 Å². The Labute approximate surface area is 217 Å². The molecule has 5 rings (SSSR count). The average Bonchev–Trinajstić information content (AvgIpc) is 3.45. The maximum absolute atomic E-state index is 13.2. The van der Waals surface area contributed by atoms with Gasteiger partial charge in [0.25, 0.3) is 0 Å². The molecule has 0 aliphatic carbocycles. The number of ether oxygens (including phenoxy) is 3. The minimum atomic E-state index is -3.57. The van der Waals surface area contributed by atoms with Crippen molar-refractivity contribution in [3.8, 4) is 5.75 Å². The molecular weight excluding hydrogens is 494 g/mol. The molecule has 37 heavy (non-hydrogen) atoms. The van der Waals surface area contributed by atoms with Crippen LogP contribution >= 0.6 is 0 Å². The molecule has 3 aromatic rings. The number of nitrogens with zero attached hydrogens (tertiary/aromatic N) is 5. The topological polar surface area (TPSA) is 97.3 Å². The van der Waals surface area contributed by atoms with E-state index in [9.17, 15) is 8.42 Å². The minimum absolute atomic E-state index is 0.0819. The number of methoxy groups -OCH3 is 1. The quantitative estimate of drug-likeness (QED) is 0.438. The molecule has 0 spiro atoms. The first-order valence-electron chi connectivity index (χ1n) is 12.5. The van der Waals surface area contributed by atoms with Crippen LogP contribution in [0.2, 0.25) is 0 Å². The summed E-state index contributed by atoms with van der Waals surface area (Å²) in [5.74, 6) is 2.16. The van der Waals surface area contributed by atoms with Gasteiger partial charge in [-0.2, -0.15) is 4.31 Å². The van der Waals surface area contributed by atoms with Crippen molar-refractivity contribution in [2.45, 2.75) is 24.2 Å². The van der Waals surface area contributed by atoms with E-state index < -0.39 is 10.0 Å². The smallest absolute Gasteiger partial charge is 0.243 e. The predicted octanol–water partition coefficient (Wildman–Crippen LogP) is 2.52. The molecule has 198 valence electrons. The van der Waals surface area contributed by atoms with Crippen LogP contribution in [0.1, 0.15) is 18.8 Å². The second kappa shape index (κ2) is 10.9. The Morgan fingerprint density at radius 1 is 1.03 bits per heavy atom. The number of hydrogen-bond acceptors (Lipinski definition) is 9. The Balaban J connectivity index is 1.32. The summed E-state index contributed by atoms with van der Waals surface area (Å²) in [6.45, 7) is 5.81. The van der Waals surface area contributed by atoms with Crippen LogP contribution in [0.25, 0.3) is 10.9 Å². The van der Waals surface area contributed by atoms with Crippen molar-refractivity contribution < 1.29 is 22.6 Å². The molecule has 2 saturated heterocycles. The van der Waals surface area contributed by atoms with Gasteiger partial charge in [-0.3, -0.25) is 4.90 Å². The lowest BCUT2D eigenvalue weighted by Crippen LogP contribution is -2.49. The minimum Gasteiger partial charge on any atom is -0.497 e. The number of piperazine rings is 1. The molecule has 0 N–H and O–H groups in total. The molecule has 1 unspecified atom stereocenters. The van der Waals surface area contributed by atoms with Crippen LogP contribution in [-0.2, 0) is 19.5 Å². The summed E-state index contributed by atoms with van der Waals surface area (Å²) < 4.78 is 44.3. The molecule has 2 aliphatic rings. The number of rotatable bonds is 8. The van der Waals surface area contributed by atoms with Gasteiger partial charge in [0, 0.05) is 38.6 Å². The van der Waals surface area contributed by atoms with Crippen LogP contribution in [0, 0.1) is 0 Å². The van der Waals surface area contributed by atoms with E-state index in [0.717, 1.165) is 16.7 Å². The molecule has 3 heterocycles. The molecule has 11 heteroatoms. The fraction of sp³-hybridized carbons (Fsp3) is 0.462. The first-order valence-corrected chi connectivity index (χ1v) is 13.9. The Kier molecular flexibility index (Phi) is 7.59. The Bertz CT molecular complexity index is 1320. The molecule has 10 nitrogen and oxygen atoms in total. The standard InChI is InChI=1S/C26H33N5O5S/c1-19(30-12-14-31(15-13-30)37(32,33)21-10-8-20(34-3)9-11-21)25-27-23-7-5-4-6-22(23)26(28-25)29(2)18-24-35-16-17-36-24/h4-11,19,24H,12-18H2,1-3H3. The van der Waals surface area contributed by atoms with Gasteiger partial charge in [0.15, 0.2) is 6.29 Å². The highest BCUT2D eigenvalue weighted by Crippen LogP contribution is 2.29. The van der Waals surface area contributed by atoms with Gasteiger partial charge in [-0.15, -0.1) is 0 Å². The highest BCUT2D eigenvalue weighted by Gasteiger charge is 2.31. The zero-order valence-corrected chi connectivity index (χ0v) is 22.2. The average molecular weight is 528 g/mol. The van der Waals surface area contributed by atoms with Crippen molar-refractivity contribution in [1.29, 1.82) is 0 Å². The van der Waals surface area contributed by atoms with Gasteiger partial charge >= 0.3 is 0 Å². The number of para-hydroxylation sites is 1. The van der Waals surface area contributed by atoms with Gasteiger partial charge in [0.05, 0.1) is 43.3 Å². The molecule has 2 aliphatic heterocycles. The van der Waals surface area contributed by atoms with E-state index in [2.05, 4.69) is 16.7 Å². The van der Waals surface area contributed by atoms with Crippen LogP contribution in [0.3, 0.4) is 0 Å². The first kappa shape index (κ1) is 25.8. The van der Waals surface area contributed by atoms with Crippen LogP contribution in [0.15, 0.2) is 53.4 Å². The summed E-state index contributed by atoms with van der Waals surface area (Å²) in [6, 6.07) is 14.4. The predicted molar refractivity (Wildman–Crippen MR) is 140 cm³/mol. The maximum atomic E-state index is 13.2. The van der Waals surface area contributed by atoms with Crippen LogP contribution in [0.4, 0.5) is 5.82 Å². The van der Waals surface area contributed by atoms with E-state index in [1.165, 1.54) is 0 Å². The largest absolute Gasteiger partial charge is 0.497 e. The molecule has 0 radical (unpaired) electrons. The number of aromatic nitrogens is 2. The fourth-order valence-electron chi connectivity index (χ4n) is 4.77. The number of hydrogen-bond donors (Lipinski definition) is 0. The monoisotopic (exact) mass is 527 g/mol. The van der Waals surface area contributed by atoms with Crippen molar-refractivity contribution in [2.24, 2.45) is 0 Å². The summed E-state index contributed by atoms with van der Waals surface area (Å²) in [5, 5.41) is 0.967. The lowest BCUT2D eigenvalue weighted by Gasteiger charge is -2.37. The van der Waals surface area contributed by atoms with Gasteiger partial charge in [-0.05, 0) is 43.3 Å². The fourth-order valence-corrected chi connectivity index (χ4v) is 6.19. The number of anilines is 1. The van der Waals surface area contributed by atoms with E-state index in [-0.39, 0.29) is 17.2 Å². The van der Waals surface area contributed by atoms with Crippen LogP contribution < -0.4 is 9.64 Å². The highest BCUT2D eigenvalue weighted by atomic mass is 32.2. The van der Waals surface area contributed by atoms with Crippen molar-refractivity contribution >= 4 is 26.7 Å². The third kappa shape index (κ3) is 5.41. The number of benzene rings is 2. The second-order valence-corrected chi connectivity index (χ2v) is 11.2. The van der Waals surface area contributed by atoms with E-state index in [0.29, 0.717) is 57.5 Å². The van der Waals surface area contributed by atoms with Crippen molar-refractivity contribution in [1.82, 2.24) is 19.2 Å². The summed E-state index contributed by atoms with van der Waals surface area (Å²) >= 11 is 0. The summed E-state index contributed by atoms with van der Waals surface area (Å²) in [6.07, 6.45) is -0.277. The van der Waals surface area contributed by atoms with Crippen molar-refractivity contribution in [3.05, 3.63) is 54.4 Å². The molecule has 1 atom stereocenters. The van der Waals surface area contributed by atoms with Gasteiger partial charge in [-0.25, -0.2) is 18.4 Å². The summed E-state index contributed by atoms with van der Waals surface area (Å²) in [5.41, 5.74) is 0.871. The van der Waals surface area contributed by atoms with Crippen LogP contribution in [-0.4, -0.2) is 94.0 Å². The molecule has 2 fully saturated rings. The number of fused-ring (bicyclic) bond motifs is 1. The second-order valence-electron chi connectivity index (χ2n) is 9.27. The third-order valence-corrected chi connectivity index (χ3v) is 8.88. The Morgan fingerprint density at radius 3 is 2.38 bits per heavy atom. The van der Waals surface area contributed by atoms with E-state index in [1.54, 1.807) is 35.7 Å². The Morgan fingerprint density at radius 2 is 1.70 bits per heavy atom. The van der Waals surface area contributed by atoms with Gasteiger partial charge in [0.2, 0.25) is 10.0 Å². The number of sulfonamides is 1. The third-order valence-electron chi connectivity index (χ3n) is 6.97. The van der Waals surface area contributed by atoms with E-state index in [4.69, 9.17) is 24.2 Å². The summed E-state index contributed by atoms with van der Waals surface area (Å²) in [4.78, 5) is 14.4. The molecule has 2 aromatic carbocycles. The van der Waals surface area contributed by atoms with Crippen molar-refractivity contribution in [2.75, 3.05) is 65.0 Å². The van der Waals surface area contributed by atoms with Gasteiger partial charge in [-0.1, -0.05) is 12.1 Å². The molecular formula is C26H33N5O5S. The highest BCUT2D eigenvalue weighted by molar-refractivity contribution is 7.89. The normalized spacial score (nSPS) is 18.8. The van der Waals surface area contributed by atoms with E-state index in [1.807, 2.05) is 31.3 Å². The molecule has 0 amide bonds. The lowest BCUT2D eigenvalue weighted by molar-refractivity contribution is -0.0337. The number of likely N-dealkylation sites (N-methyl/N-ethyl adjacent to an activating group) is 1. The first-order chi connectivity index (χ1) is 17.9. The Hall–Kier alpha value is -2.83. The maximum Gasteiger partial charge on any atom is 0.243 e. The zero-order valence-electron chi connectivity index (χ0n) is 21.4. The van der Waals surface area contributed by atoms with E-state index >= 15 is 0 Å². The van der Waals surface area contributed by atoms with Crippen LogP contribution in [0.5, 0.6) is 5.75 Å². The lowest BCUT2D eigenvalue weighted by atomic mass is 10.2. The SMILES string of the molecule is COc1ccc(S(=O)(=O)N2CCN(C(C)c3nc(N(C)CC4OCCO4)c4ccccc4n3)CC2)cc1.